The summed E-state index contributed by atoms with van der Waals surface area (Å²) in [7, 11) is 0. The van der Waals surface area contributed by atoms with Crippen molar-refractivity contribution >= 4 is 27.5 Å². The van der Waals surface area contributed by atoms with Crippen LogP contribution in [0.25, 0.3) is 0 Å². The second-order valence-corrected chi connectivity index (χ2v) is 6.14. The number of hydrogen-bond donors (Lipinski definition) is 2. The smallest absolute Gasteiger partial charge is 0.224 e. The van der Waals surface area contributed by atoms with Gasteiger partial charge in [0.05, 0.1) is 0 Å². The minimum absolute atomic E-state index is 0.0878. The molecule has 112 valence electrons. The maximum Gasteiger partial charge on any atom is 0.224 e. The Labute approximate surface area is 130 Å². The molecule has 0 heterocycles. The molecule has 0 saturated carbocycles. The SMILES string of the molecule is CCCC(CCN)CCC(=O)Nc1ccc(Br)c(C)c1. The third-order valence-electron chi connectivity index (χ3n) is 3.49. The molecule has 4 heteroatoms. The molecule has 0 aliphatic rings. The fourth-order valence-corrected chi connectivity index (χ4v) is 2.60. The average Bonchev–Trinajstić information content (AvgIpc) is 2.41. The van der Waals surface area contributed by atoms with Gasteiger partial charge in [-0.15, -0.1) is 0 Å². The molecule has 20 heavy (non-hydrogen) atoms. The molecule has 1 aromatic carbocycles. The predicted molar refractivity (Wildman–Crippen MR) is 88.8 cm³/mol. The lowest BCUT2D eigenvalue weighted by atomic mass is 9.94. The molecule has 0 aliphatic heterocycles. The highest BCUT2D eigenvalue weighted by Gasteiger charge is 2.10. The predicted octanol–water partition coefficient (Wildman–Crippen LogP) is 4.24. The van der Waals surface area contributed by atoms with Crippen LogP contribution < -0.4 is 11.1 Å². The highest BCUT2D eigenvalue weighted by atomic mass is 79.9. The first-order chi connectivity index (χ1) is 9.56. The van der Waals surface area contributed by atoms with E-state index in [0.29, 0.717) is 18.9 Å². The lowest BCUT2D eigenvalue weighted by molar-refractivity contribution is -0.116. The largest absolute Gasteiger partial charge is 0.330 e. The molecule has 0 radical (unpaired) electrons. The Balaban J connectivity index is 2.44. The van der Waals surface area contributed by atoms with E-state index in [4.69, 9.17) is 5.73 Å². The Morgan fingerprint density at radius 2 is 2.10 bits per heavy atom. The number of halogens is 1. The van der Waals surface area contributed by atoms with Crippen LogP contribution in [-0.2, 0) is 4.79 Å². The van der Waals surface area contributed by atoms with Gasteiger partial charge in [-0.3, -0.25) is 4.79 Å². The number of amides is 1. The van der Waals surface area contributed by atoms with E-state index in [1.807, 2.05) is 25.1 Å². The summed E-state index contributed by atoms with van der Waals surface area (Å²) in [5.41, 5.74) is 7.60. The van der Waals surface area contributed by atoms with Gasteiger partial charge in [0, 0.05) is 16.6 Å². The van der Waals surface area contributed by atoms with Gasteiger partial charge in [-0.05, 0) is 56.0 Å². The second kappa shape index (κ2) is 9.14. The molecule has 0 aliphatic carbocycles. The molecule has 0 spiro atoms. The monoisotopic (exact) mass is 340 g/mol. The summed E-state index contributed by atoms with van der Waals surface area (Å²) in [6, 6.07) is 5.85. The first-order valence-electron chi connectivity index (χ1n) is 7.32. The molecule has 3 nitrogen and oxygen atoms in total. The summed E-state index contributed by atoms with van der Waals surface area (Å²) in [5, 5.41) is 2.96. The summed E-state index contributed by atoms with van der Waals surface area (Å²) in [6.07, 6.45) is 4.81. The molecule has 0 fully saturated rings. The minimum Gasteiger partial charge on any atom is -0.330 e. The van der Waals surface area contributed by atoms with Gasteiger partial charge in [-0.25, -0.2) is 0 Å². The van der Waals surface area contributed by atoms with Crippen molar-refractivity contribution in [1.29, 1.82) is 0 Å². The molecular weight excluding hydrogens is 316 g/mol. The van der Waals surface area contributed by atoms with Gasteiger partial charge >= 0.3 is 0 Å². The third-order valence-corrected chi connectivity index (χ3v) is 4.38. The molecule has 1 amide bonds. The van der Waals surface area contributed by atoms with Crippen molar-refractivity contribution in [2.24, 2.45) is 11.7 Å². The molecule has 0 saturated heterocycles. The van der Waals surface area contributed by atoms with Gasteiger partial charge in [-0.1, -0.05) is 35.7 Å². The van der Waals surface area contributed by atoms with Gasteiger partial charge in [0.1, 0.15) is 0 Å². The quantitative estimate of drug-likeness (QED) is 0.743. The Bertz CT molecular complexity index is 428. The Hall–Kier alpha value is -0.870. The lowest BCUT2D eigenvalue weighted by Crippen LogP contribution is -2.15. The van der Waals surface area contributed by atoms with E-state index in [1.165, 1.54) is 0 Å². The van der Waals surface area contributed by atoms with E-state index in [2.05, 4.69) is 28.2 Å². The number of rotatable bonds is 8. The number of anilines is 1. The van der Waals surface area contributed by atoms with E-state index in [9.17, 15) is 4.79 Å². The number of nitrogens with two attached hydrogens (primary N) is 1. The Kier molecular flexibility index (Phi) is 7.85. The van der Waals surface area contributed by atoms with Crippen molar-refractivity contribution < 1.29 is 4.79 Å². The molecule has 0 aromatic heterocycles. The zero-order chi connectivity index (χ0) is 15.0. The van der Waals surface area contributed by atoms with Crippen molar-refractivity contribution in [2.45, 2.75) is 46.0 Å². The van der Waals surface area contributed by atoms with Gasteiger partial charge in [0.15, 0.2) is 0 Å². The van der Waals surface area contributed by atoms with Crippen LogP contribution in [0.2, 0.25) is 0 Å². The number of aryl methyl sites for hydroxylation is 1. The maximum atomic E-state index is 12.0. The number of nitrogens with one attached hydrogen (secondary N) is 1. The number of hydrogen-bond acceptors (Lipinski definition) is 2. The van der Waals surface area contributed by atoms with Crippen LogP contribution in [0.4, 0.5) is 5.69 Å². The molecule has 1 aromatic rings. The van der Waals surface area contributed by atoms with Crippen LogP contribution >= 0.6 is 15.9 Å². The van der Waals surface area contributed by atoms with E-state index >= 15 is 0 Å². The average molecular weight is 341 g/mol. The summed E-state index contributed by atoms with van der Waals surface area (Å²) in [6.45, 7) is 4.89. The molecule has 0 bridgehead atoms. The van der Waals surface area contributed by atoms with E-state index in [0.717, 1.165) is 41.4 Å². The number of benzene rings is 1. The lowest BCUT2D eigenvalue weighted by Gasteiger charge is -2.14. The van der Waals surface area contributed by atoms with Gasteiger partial charge < -0.3 is 11.1 Å². The maximum absolute atomic E-state index is 12.0. The van der Waals surface area contributed by atoms with Gasteiger partial charge in [0.2, 0.25) is 5.91 Å². The van der Waals surface area contributed by atoms with Gasteiger partial charge in [0.25, 0.3) is 0 Å². The fraction of sp³-hybridized carbons (Fsp3) is 0.562. The minimum atomic E-state index is 0.0878. The van der Waals surface area contributed by atoms with Crippen molar-refractivity contribution in [1.82, 2.24) is 0 Å². The molecular formula is C16H25BrN2O. The van der Waals surface area contributed by atoms with Crippen LogP contribution in [0.3, 0.4) is 0 Å². The van der Waals surface area contributed by atoms with Crippen LogP contribution in [0, 0.1) is 12.8 Å². The molecule has 3 N–H and O–H groups in total. The van der Waals surface area contributed by atoms with Crippen LogP contribution in [0.1, 0.15) is 44.6 Å². The highest BCUT2D eigenvalue weighted by Crippen LogP contribution is 2.21. The summed E-state index contributed by atoms with van der Waals surface area (Å²) in [4.78, 5) is 12.0. The van der Waals surface area contributed by atoms with Crippen molar-refractivity contribution in [3.05, 3.63) is 28.2 Å². The summed E-state index contributed by atoms with van der Waals surface area (Å²) in [5.74, 6) is 0.659. The zero-order valence-corrected chi connectivity index (χ0v) is 14.0. The van der Waals surface area contributed by atoms with Gasteiger partial charge in [-0.2, -0.15) is 0 Å². The van der Waals surface area contributed by atoms with Crippen LogP contribution in [-0.4, -0.2) is 12.5 Å². The van der Waals surface area contributed by atoms with Crippen LogP contribution in [0.5, 0.6) is 0 Å². The molecule has 1 unspecified atom stereocenters. The number of carbonyl (C=O) groups is 1. The Morgan fingerprint density at radius 3 is 2.70 bits per heavy atom. The van der Waals surface area contributed by atoms with Crippen molar-refractivity contribution in [3.8, 4) is 0 Å². The fourth-order valence-electron chi connectivity index (χ4n) is 2.36. The topological polar surface area (TPSA) is 55.1 Å². The van der Waals surface area contributed by atoms with E-state index in [1.54, 1.807) is 0 Å². The highest BCUT2D eigenvalue weighted by molar-refractivity contribution is 9.10. The molecule has 1 atom stereocenters. The summed E-state index contributed by atoms with van der Waals surface area (Å²) < 4.78 is 1.06. The number of carbonyl (C=O) groups excluding carboxylic acids is 1. The van der Waals surface area contributed by atoms with E-state index < -0.39 is 0 Å². The first-order valence-corrected chi connectivity index (χ1v) is 8.12. The second-order valence-electron chi connectivity index (χ2n) is 5.28. The summed E-state index contributed by atoms with van der Waals surface area (Å²) >= 11 is 3.46. The third kappa shape index (κ3) is 6.06. The molecule has 1 rings (SSSR count). The van der Waals surface area contributed by atoms with E-state index in [-0.39, 0.29) is 5.91 Å². The zero-order valence-electron chi connectivity index (χ0n) is 12.4. The Morgan fingerprint density at radius 1 is 1.35 bits per heavy atom. The van der Waals surface area contributed by atoms with Crippen molar-refractivity contribution in [2.75, 3.05) is 11.9 Å². The standard InChI is InChI=1S/C16H25BrN2O/c1-3-4-13(9-10-18)5-8-16(20)19-14-6-7-15(17)12(2)11-14/h6-7,11,13H,3-5,8-10,18H2,1-2H3,(H,19,20). The normalized spacial score (nSPS) is 12.2. The first kappa shape index (κ1) is 17.2. The van der Waals surface area contributed by atoms with Crippen LogP contribution in [0.15, 0.2) is 22.7 Å². The van der Waals surface area contributed by atoms with Crippen molar-refractivity contribution in [3.63, 3.8) is 0 Å².